The number of benzene rings is 1. The van der Waals surface area contributed by atoms with E-state index in [2.05, 4.69) is 6.58 Å². The number of nitro benzene ring substituents is 1. The lowest BCUT2D eigenvalue weighted by atomic mass is 10.1. The van der Waals surface area contributed by atoms with E-state index in [1.807, 2.05) is 0 Å². The Morgan fingerprint density at radius 3 is 2.57 bits per heavy atom. The van der Waals surface area contributed by atoms with Gasteiger partial charge in [0.15, 0.2) is 0 Å². The van der Waals surface area contributed by atoms with Crippen molar-refractivity contribution >= 4 is 23.2 Å². The molecule has 0 radical (unpaired) electrons. The van der Waals surface area contributed by atoms with Crippen molar-refractivity contribution in [3.05, 3.63) is 51.6 Å². The van der Waals surface area contributed by atoms with Crippen molar-refractivity contribution in [1.29, 1.82) is 0 Å². The predicted octanol–water partition coefficient (Wildman–Crippen LogP) is 3.44. The summed E-state index contributed by atoms with van der Waals surface area (Å²) in [4.78, 5) is 22.4. The lowest BCUT2D eigenvalue weighted by Crippen LogP contribution is -2.39. The zero-order chi connectivity index (χ0) is 16.2. The molecule has 0 spiro atoms. The van der Waals surface area contributed by atoms with Gasteiger partial charge in [0.2, 0.25) is 0 Å². The Labute approximate surface area is 122 Å². The van der Waals surface area contributed by atoms with Crippen LogP contribution in [0.15, 0.2) is 30.9 Å². The highest BCUT2D eigenvalue weighted by atomic mass is 35.5. The molecule has 1 amide bonds. The Morgan fingerprint density at radius 2 is 2.10 bits per heavy atom. The van der Waals surface area contributed by atoms with Crippen molar-refractivity contribution in [2.24, 2.45) is 0 Å². The lowest BCUT2D eigenvalue weighted by molar-refractivity contribution is -0.384. The van der Waals surface area contributed by atoms with E-state index in [1.54, 1.807) is 0 Å². The van der Waals surface area contributed by atoms with Gasteiger partial charge in [-0.25, -0.2) is 0 Å². The summed E-state index contributed by atoms with van der Waals surface area (Å²) in [7, 11) is 0. The van der Waals surface area contributed by atoms with Crippen LogP contribution in [-0.2, 0) is 0 Å². The first kappa shape index (κ1) is 17.0. The number of hydrogen-bond donors (Lipinski definition) is 0. The molecule has 114 valence electrons. The maximum absolute atomic E-state index is 12.4. The minimum atomic E-state index is -4.61. The van der Waals surface area contributed by atoms with Gasteiger partial charge in [-0.2, -0.15) is 13.2 Å². The van der Waals surface area contributed by atoms with E-state index in [1.165, 1.54) is 0 Å². The maximum Gasteiger partial charge on any atom is 0.406 e. The van der Waals surface area contributed by atoms with E-state index < -0.39 is 29.2 Å². The van der Waals surface area contributed by atoms with Gasteiger partial charge in [-0.15, -0.1) is 6.58 Å². The summed E-state index contributed by atoms with van der Waals surface area (Å²) >= 11 is 5.73. The molecule has 0 N–H and O–H groups in total. The highest BCUT2D eigenvalue weighted by Gasteiger charge is 2.33. The van der Waals surface area contributed by atoms with Gasteiger partial charge in [-0.3, -0.25) is 14.9 Å². The maximum atomic E-state index is 12.4. The first-order chi connectivity index (χ1) is 9.65. The van der Waals surface area contributed by atoms with Gasteiger partial charge in [-0.05, 0) is 6.07 Å². The SMILES string of the molecule is C=CCN(CC(F)(F)F)C(=O)c1cc([N+](=O)[O-])ccc1Cl. The molecule has 0 saturated heterocycles. The summed E-state index contributed by atoms with van der Waals surface area (Å²) in [6.45, 7) is 1.41. The summed E-state index contributed by atoms with van der Waals surface area (Å²) in [6.07, 6.45) is -3.49. The molecule has 0 fully saturated rings. The van der Waals surface area contributed by atoms with Crippen LogP contribution in [-0.4, -0.2) is 35.0 Å². The molecule has 9 heteroatoms. The molecule has 0 saturated carbocycles. The average molecular weight is 323 g/mol. The molecule has 0 aliphatic rings. The number of non-ortho nitro benzene ring substituents is 1. The van der Waals surface area contributed by atoms with Gasteiger partial charge in [-0.1, -0.05) is 17.7 Å². The second-order valence-corrected chi connectivity index (χ2v) is 4.42. The predicted molar refractivity (Wildman–Crippen MR) is 70.3 cm³/mol. The summed E-state index contributed by atoms with van der Waals surface area (Å²) in [6, 6.07) is 2.99. The van der Waals surface area contributed by atoms with Crippen molar-refractivity contribution in [1.82, 2.24) is 4.90 Å². The fraction of sp³-hybridized carbons (Fsp3) is 0.250. The normalized spacial score (nSPS) is 11.0. The van der Waals surface area contributed by atoms with Crippen molar-refractivity contribution < 1.29 is 22.9 Å². The number of nitro groups is 1. The summed E-state index contributed by atoms with van der Waals surface area (Å²) in [5.41, 5.74) is -0.801. The number of rotatable bonds is 5. The largest absolute Gasteiger partial charge is 0.406 e. The van der Waals surface area contributed by atoms with Crippen molar-refractivity contribution in [2.45, 2.75) is 6.18 Å². The smallest absolute Gasteiger partial charge is 0.326 e. The highest BCUT2D eigenvalue weighted by Crippen LogP contribution is 2.25. The molecular formula is C12H10ClF3N2O3. The first-order valence-electron chi connectivity index (χ1n) is 5.56. The van der Waals surface area contributed by atoms with E-state index in [9.17, 15) is 28.1 Å². The molecular weight excluding hydrogens is 313 g/mol. The first-order valence-corrected chi connectivity index (χ1v) is 5.94. The molecule has 0 heterocycles. The fourth-order valence-electron chi connectivity index (χ4n) is 1.55. The molecule has 1 aromatic rings. The lowest BCUT2D eigenvalue weighted by Gasteiger charge is -2.22. The van der Waals surface area contributed by atoms with Gasteiger partial charge < -0.3 is 4.90 Å². The average Bonchev–Trinajstić information content (AvgIpc) is 2.36. The van der Waals surface area contributed by atoms with E-state index in [4.69, 9.17) is 11.6 Å². The topological polar surface area (TPSA) is 63.5 Å². The monoisotopic (exact) mass is 322 g/mol. The molecule has 0 unspecified atom stereocenters. The molecule has 0 atom stereocenters. The van der Waals surface area contributed by atoms with Gasteiger partial charge in [0.1, 0.15) is 6.54 Å². The molecule has 1 rings (SSSR count). The Bertz CT molecular complexity index is 575. The summed E-state index contributed by atoms with van der Waals surface area (Å²) < 4.78 is 37.3. The van der Waals surface area contributed by atoms with Crippen LogP contribution in [0, 0.1) is 10.1 Å². The zero-order valence-corrected chi connectivity index (χ0v) is 11.3. The number of carbonyl (C=O) groups excluding carboxylic acids is 1. The summed E-state index contributed by atoms with van der Waals surface area (Å²) in [5, 5.41) is 10.5. The second kappa shape index (κ2) is 6.57. The van der Waals surface area contributed by atoms with E-state index in [-0.39, 0.29) is 17.1 Å². The Hall–Kier alpha value is -2.09. The van der Waals surface area contributed by atoms with Gasteiger partial charge in [0, 0.05) is 18.7 Å². The minimum absolute atomic E-state index is 0.165. The number of amides is 1. The van der Waals surface area contributed by atoms with Crippen LogP contribution in [0.1, 0.15) is 10.4 Å². The van der Waals surface area contributed by atoms with Gasteiger partial charge >= 0.3 is 6.18 Å². The molecule has 21 heavy (non-hydrogen) atoms. The third kappa shape index (κ3) is 4.75. The van der Waals surface area contributed by atoms with E-state index in [0.717, 1.165) is 24.3 Å². The molecule has 0 aliphatic heterocycles. The molecule has 0 aliphatic carbocycles. The number of alkyl halides is 3. The summed E-state index contributed by atoms with van der Waals surface area (Å²) in [5.74, 6) is -1.05. The third-order valence-electron chi connectivity index (χ3n) is 2.40. The number of halogens is 4. The van der Waals surface area contributed by atoms with Gasteiger partial charge in [0.25, 0.3) is 11.6 Å². The zero-order valence-electron chi connectivity index (χ0n) is 10.6. The quantitative estimate of drug-likeness (QED) is 0.474. The number of hydrogen-bond acceptors (Lipinski definition) is 3. The molecule has 0 aromatic heterocycles. The van der Waals surface area contributed by atoms with Crippen molar-refractivity contribution in [3.63, 3.8) is 0 Å². The Morgan fingerprint density at radius 1 is 1.48 bits per heavy atom. The third-order valence-corrected chi connectivity index (χ3v) is 2.73. The number of carbonyl (C=O) groups is 1. The highest BCUT2D eigenvalue weighted by molar-refractivity contribution is 6.33. The van der Waals surface area contributed by atoms with Crippen molar-refractivity contribution in [2.75, 3.05) is 13.1 Å². The van der Waals surface area contributed by atoms with Crippen LogP contribution in [0.2, 0.25) is 5.02 Å². The van der Waals surface area contributed by atoms with Crippen LogP contribution >= 0.6 is 11.6 Å². The van der Waals surface area contributed by atoms with Crippen LogP contribution in [0.3, 0.4) is 0 Å². The fourth-order valence-corrected chi connectivity index (χ4v) is 1.75. The Kier molecular flexibility index (Phi) is 5.31. The standard InChI is InChI=1S/C12H10ClF3N2O3/c1-2-5-17(7-12(14,15)16)11(19)9-6-8(18(20)21)3-4-10(9)13/h2-4,6H,1,5,7H2. The van der Waals surface area contributed by atoms with E-state index >= 15 is 0 Å². The molecule has 5 nitrogen and oxygen atoms in total. The van der Waals surface area contributed by atoms with Crippen LogP contribution in [0.4, 0.5) is 18.9 Å². The van der Waals surface area contributed by atoms with Crippen molar-refractivity contribution in [3.8, 4) is 0 Å². The Balaban J connectivity index is 3.16. The van der Waals surface area contributed by atoms with Crippen LogP contribution in [0.25, 0.3) is 0 Å². The molecule has 1 aromatic carbocycles. The van der Waals surface area contributed by atoms with E-state index in [0.29, 0.717) is 4.90 Å². The van der Waals surface area contributed by atoms with Gasteiger partial charge in [0.05, 0.1) is 15.5 Å². The minimum Gasteiger partial charge on any atom is -0.326 e. The van der Waals surface area contributed by atoms with Crippen LogP contribution < -0.4 is 0 Å². The molecule has 0 bridgehead atoms. The van der Waals surface area contributed by atoms with Crippen LogP contribution in [0.5, 0.6) is 0 Å². The number of nitrogens with zero attached hydrogens (tertiary/aromatic N) is 2. The second-order valence-electron chi connectivity index (χ2n) is 4.01.